The summed E-state index contributed by atoms with van der Waals surface area (Å²) >= 11 is 0. The quantitative estimate of drug-likeness (QED) is 0.340. The Morgan fingerprint density at radius 1 is 1.04 bits per heavy atom. The maximum absolute atomic E-state index is 12.5. The molecule has 0 amide bonds. The van der Waals surface area contributed by atoms with Crippen molar-refractivity contribution in [3.8, 4) is 12.1 Å². The third-order valence-corrected chi connectivity index (χ3v) is 6.32. The summed E-state index contributed by atoms with van der Waals surface area (Å²) in [6, 6.07) is 4.76. The molecule has 2 bridgehead atoms. The maximum atomic E-state index is 12.5. The molecule has 4 atom stereocenters. The lowest BCUT2D eigenvalue weighted by atomic mass is 9.73. The van der Waals surface area contributed by atoms with E-state index in [0.717, 1.165) is 57.8 Å². The van der Waals surface area contributed by atoms with Crippen LogP contribution >= 0.6 is 0 Å². The summed E-state index contributed by atoms with van der Waals surface area (Å²) in [6.07, 6.45) is 15.8. The van der Waals surface area contributed by atoms with Gasteiger partial charge in [0.2, 0.25) is 0 Å². The number of ether oxygens (including phenoxy) is 1. The number of ketones is 1. The minimum absolute atomic E-state index is 0.0460. The highest BCUT2D eigenvalue weighted by molar-refractivity contribution is 5.90. The van der Waals surface area contributed by atoms with Gasteiger partial charge in [-0.15, -0.1) is 0 Å². The van der Waals surface area contributed by atoms with Crippen LogP contribution in [0.4, 0.5) is 0 Å². The van der Waals surface area contributed by atoms with Crippen molar-refractivity contribution in [1.82, 2.24) is 0 Å². The van der Waals surface area contributed by atoms with Gasteiger partial charge in [0, 0.05) is 12.3 Å². The van der Waals surface area contributed by atoms with Crippen molar-refractivity contribution in [2.75, 3.05) is 0 Å². The lowest BCUT2D eigenvalue weighted by molar-refractivity contribution is -0.139. The standard InChI is InChI=1S/C24H36N2O2/c1-2-3-4-5-6-7-8-11-19(17-25)12-9-10-13-22(27)24-20-14-15-23(28-24)21(16-20)18-26/h19-21,23H,1-16H2. The molecule has 2 heterocycles. The van der Waals surface area contributed by atoms with Gasteiger partial charge in [-0.05, 0) is 44.4 Å². The molecular weight excluding hydrogens is 348 g/mol. The largest absolute Gasteiger partial charge is 0.359 e. The smallest absolute Gasteiger partial charge is 0.168 e. The Kier molecular flexibility index (Phi) is 10.6. The van der Waals surface area contributed by atoms with Crippen molar-refractivity contribution in [3.05, 3.63) is 13.0 Å². The Bertz CT molecular complexity index is 548. The lowest BCUT2D eigenvalue weighted by Gasteiger charge is -2.43. The minimum Gasteiger partial charge on any atom is -0.359 e. The Morgan fingerprint density at radius 3 is 2.32 bits per heavy atom. The highest BCUT2D eigenvalue weighted by Crippen LogP contribution is 2.45. The van der Waals surface area contributed by atoms with E-state index in [1.807, 2.05) is 0 Å². The van der Waals surface area contributed by atoms with Crippen molar-refractivity contribution in [2.45, 2.75) is 102 Å². The van der Waals surface area contributed by atoms with Crippen LogP contribution in [0.2, 0.25) is 0 Å². The molecule has 154 valence electrons. The van der Waals surface area contributed by atoms with Gasteiger partial charge >= 0.3 is 0 Å². The van der Waals surface area contributed by atoms with E-state index in [2.05, 4.69) is 19.1 Å². The van der Waals surface area contributed by atoms with Crippen LogP contribution in [-0.2, 0) is 9.53 Å². The summed E-state index contributed by atoms with van der Waals surface area (Å²) in [5, 5.41) is 18.5. The van der Waals surface area contributed by atoms with Crippen molar-refractivity contribution < 1.29 is 9.53 Å². The molecule has 3 aliphatic rings. The summed E-state index contributed by atoms with van der Waals surface area (Å²) in [5.41, 5.74) is 0. The number of carbonyl (C=O) groups is 1. The normalized spacial score (nSPS) is 25.2. The van der Waals surface area contributed by atoms with Crippen molar-refractivity contribution in [2.24, 2.45) is 17.8 Å². The predicted octanol–water partition coefficient (Wildman–Crippen LogP) is 6.08. The Hall–Kier alpha value is -1.39. The number of nitriles is 2. The van der Waals surface area contributed by atoms with Gasteiger partial charge < -0.3 is 4.74 Å². The van der Waals surface area contributed by atoms with Crippen LogP contribution in [0.5, 0.6) is 0 Å². The number of hydrogen-bond acceptors (Lipinski definition) is 4. The molecular formula is C24H36N2O2. The van der Waals surface area contributed by atoms with Crippen LogP contribution in [0, 0.1) is 53.4 Å². The molecule has 4 heteroatoms. The second-order valence-electron chi connectivity index (χ2n) is 8.52. The number of rotatable bonds is 14. The first-order valence-corrected chi connectivity index (χ1v) is 11.3. The summed E-state index contributed by atoms with van der Waals surface area (Å²) < 4.78 is 5.84. The van der Waals surface area contributed by atoms with Crippen LogP contribution < -0.4 is 0 Å². The Labute approximate surface area is 171 Å². The molecule has 1 saturated carbocycles. The molecule has 3 fully saturated rings. The van der Waals surface area contributed by atoms with E-state index in [1.165, 1.54) is 32.1 Å². The number of Topliss-reactive ketones (excluding diaryl/α,β-unsaturated/α-hetero) is 1. The highest BCUT2D eigenvalue weighted by atomic mass is 16.5. The predicted molar refractivity (Wildman–Crippen MR) is 109 cm³/mol. The van der Waals surface area contributed by atoms with Crippen molar-refractivity contribution >= 4 is 5.78 Å². The van der Waals surface area contributed by atoms with E-state index in [-0.39, 0.29) is 29.6 Å². The molecule has 2 aliphatic heterocycles. The molecule has 3 rings (SSSR count). The zero-order valence-corrected chi connectivity index (χ0v) is 17.3. The topological polar surface area (TPSA) is 73.9 Å². The number of hydrogen-bond donors (Lipinski definition) is 0. The monoisotopic (exact) mass is 384 g/mol. The van der Waals surface area contributed by atoms with Crippen molar-refractivity contribution in [1.29, 1.82) is 10.5 Å². The number of nitrogens with zero attached hydrogens (tertiary/aromatic N) is 2. The maximum Gasteiger partial charge on any atom is 0.168 e. The fourth-order valence-corrected chi connectivity index (χ4v) is 4.56. The molecule has 0 spiro atoms. The third-order valence-electron chi connectivity index (χ3n) is 6.32. The number of unbranched alkanes of at least 4 members (excludes halogenated alkanes) is 7. The van der Waals surface area contributed by atoms with Gasteiger partial charge in [0.25, 0.3) is 0 Å². The lowest BCUT2D eigenvalue weighted by Crippen LogP contribution is -2.44. The van der Waals surface area contributed by atoms with Crippen LogP contribution in [0.1, 0.15) is 96.3 Å². The van der Waals surface area contributed by atoms with Crippen LogP contribution in [0.25, 0.3) is 0 Å². The molecule has 2 saturated heterocycles. The third kappa shape index (κ3) is 7.21. The van der Waals surface area contributed by atoms with Gasteiger partial charge in [-0.25, -0.2) is 0 Å². The molecule has 4 unspecified atom stereocenters. The minimum atomic E-state index is -0.0736. The molecule has 1 aliphatic carbocycles. The van der Waals surface area contributed by atoms with E-state index < -0.39 is 0 Å². The molecule has 28 heavy (non-hydrogen) atoms. The fraction of sp³-hybridized carbons (Fsp3) is 0.792. The van der Waals surface area contributed by atoms with Gasteiger partial charge in [0.05, 0.1) is 24.2 Å². The van der Waals surface area contributed by atoms with E-state index in [1.54, 1.807) is 0 Å². The second-order valence-corrected chi connectivity index (χ2v) is 8.52. The van der Waals surface area contributed by atoms with Crippen LogP contribution in [-0.4, -0.2) is 11.9 Å². The van der Waals surface area contributed by atoms with Gasteiger partial charge in [-0.1, -0.05) is 58.3 Å². The molecule has 4 nitrogen and oxygen atoms in total. The van der Waals surface area contributed by atoms with Gasteiger partial charge in [0.1, 0.15) is 0 Å². The summed E-state index contributed by atoms with van der Waals surface area (Å²) in [7, 11) is 0. The Balaban J connectivity index is 1.54. The first-order valence-electron chi connectivity index (χ1n) is 11.3. The molecule has 0 aromatic carbocycles. The SMILES string of the molecule is [CH2]CCCCCCCCC(C#N)CCCCC(=O)[C]1OC2CCC1CC2C#N. The van der Waals surface area contributed by atoms with Crippen LogP contribution in [0.3, 0.4) is 0 Å². The molecule has 2 radical (unpaired) electrons. The van der Waals surface area contributed by atoms with E-state index >= 15 is 0 Å². The zero-order valence-electron chi connectivity index (χ0n) is 17.3. The molecule has 0 aromatic heterocycles. The molecule has 0 aromatic rings. The highest BCUT2D eigenvalue weighted by Gasteiger charge is 2.46. The van der Waals surface area contributed by atoms with Crippen molar-refractivity contribution in [3.63, 3.8) is 0 Å². The first kappa shape index (κ1) is 22.9. The average molecular weight is 385 g/mol. The fourth-order valence-electron chi connectivity index (χ4n) is 4.56. The summed E-state index contributed by atoms with van der Waals surface area (Å²) in [6.45, 7) is 3.87. The number of carbonyl (C=O) groups excluding carboxylic acids is 1. The van der Waals surface area contributed by atoms with E-state index in [9.17, 15) is 10.1 Å². The van der Waals surface area contributed by atoms with Gasteiger partial charge in [-0.3, -0.25) is 4.79 Å². The second kappa shape index (κ2) is 12.9. The van der Waals surface area contributed by atoms with Gasteiger partial charge in [-0.2, -0.15) is 10.5 Å². The first-order chi connectivity index (χ1) is 13.7. The van der Waals surface area contributed by atoms with E-state index in [4.69, 9.17) is 10.00 Å². The average Bonchev–Trinajstić information content (AvgIpc) is 2.74. The number of fused-ring (bicyclic) bond motifs is 3. The summed E-state index contributed by atoms with van der Waals surface area (Å²) in [5.74, 6) is 0.362. The van der Waals surface area contributed by atoms with Gasteiger partial charge in [0.15, 0.2) is 11.9 Å². The molecule has 0 N–H and O–H groups in total. The summed E-state index contributed by atoms with van der Waals surface area (Å²) in [4.78, 5) is 12.5. The zero-order chi connectivity index (χ0) is 20.2. The Morgan fingerprint density at radius 2 is 1.71 bits per heavy atom. The van der Waals surface area contributed by atoms with E-state index in [0.29, 0.717) is 12.5 Å². The van der Waals surface area contributed by atoms with Crippen LogP contribution in [0.15, 0.2) is 0 Å².